The van der Waals surface area contributed by atoms with Crippen molar-refractivity contribution in [2.75, 3.05) is 13.2 Å². The third kappa shape index (κ3) is 4.77. The van der Waals surface area contributed by atoms with Crippen molar-refractivity contribution >= 4 is 13.6 Å². The monoisotopic (exact) mass is 196 g/mol. The summed E-state index contributed by atoms with van der Waals surface area (Å²) in [5, 5.41) is 0. The minimum absolute atomic E-state index is 0.000194. The van der Waals surface area contributed by atoms with Crippen molar-refractivity contribution in [2.24, 2.45) is 0 Å². The maximum absolute atomic E-state index is 10.9. The fourth-order valence-corrected chi connectivity index (χ4v) is 1.49. The molecule has 1 aliphatic heterocycles. The molecule has 0 aromatic heterocycles. The van der Waals surface area contributed by atoms with Crippen LogP contribution in [0, 0.1) is 0 Å². The van der Waals surface area contributed by atoms with Gasteiger partial charge in [-0.3, -0.25) is 0 Å². The number of Topliss-reactive ketones (excluding diaryl/α,β-unsaturated/α-hetero) is 1. The number of rotatable bonds is 7. The minimum atomic E-state index is 0.000194. The highest BCUT2D eigenvalue weighted by Gasteiger charge is 2.14. The molecule has 0 aromatic rings. The Bertz CT molecular complexity index is 167. The molecule has 1 fully saturated rings. The van der Waals surface area contributed by atoms with Crippen molar-refractivity contribution in [1.29, 1.82) is 0 Å². The first-order chi connectivity index (χ1) is 6.83. The van der Waals surface area contributed by atoms with Crippen molar-refractivity contribution in [3.8, 4) is 0 Å². The molecule has 0 aliphatic carbocycles. The molecule has 0 amide bonds. The van der Waals surface area contributed by atoms with Crippen LogP contribution in [0.4, 0.5) is 0 Å². The quantitative estimate of drug-likeness (QED) is 0.456. The Morgan fingerprint density at radius 3 is 2.57 bits per heavy atom. The summed E-state index contributed by atoms with van der Waals surface area (Å²) in [5.41, 5.74) is 0. The van der Waals surface area contributed by atoms with Crippen LogP contribution >= 0.6 is 0 Å². The predicted molar refractivity (Wildman–Crippen MR) is 54.3 cm³/mol. The van der Waals surface area contributed by atoms with Gasteiger partial charge in [0.25, 0.3) is 0 Å². The van der Waals surface area contributed by atoms with E-state index in [1.165, 1.54) is 0 Å². The number of unbranched alkanes of at least 4 members (excludes halogenated alkanes) is 2. The lowest BCUT2D eigenvalue weighted by Gasteiger charge is -2.07. The first kappa shape index (κ1) is 11.7. The van der Waals surface area contributed by atoms with E-state index in [-0.39, 0.29) is 18.4 Å². The molecular formula is C10H17BO3. The van der Waals surface area contributed by atoms with Gasteiger partial charge in [-0.1, -0.05) is 6.42 Å². The Balaban J connectivity index is 1.86. The average molecular weight is 196 g/mol. The zero-order valence-electron chi connectivity index (χ0n) is 8.54. The van der Waals surface area contributed by atoms with Gasteiger partial charge in [0.05, 0.1) is 21.1 Å². The lowest BCUT2D eigenvalue weighted by Crippen LogP contribution is -2.06. The van der Waals surface area contributed by atoms with Crippen LogP contribution in [0.1, 0.15) is 32.1 Å². The molecule has 4 heteroatoms. The van der Waals surface area contributed by atoms with E-state index in [0.717, 1.165) is 38.9 Å². The summed E-state index contributed by atoms with van der Waals surface area (Å²) in [6.45, 7) is 1.44. The molecule has 1 saturated heterocycles. The lowest BCUT2D eigenvalue weighted by molar-refractivity contribution is -0.117. The molecule has 0 spiro atoms. The average Bonchev–Trinajstić information content (AvgIpc) is 2.69. The van der Waals surface area contributed by atoms with Gasteiger partial charge in [0.15, 0.2) is 6.29 Å². The van der Waals surface area contributed by atoms with Gasteiger partial charge < -0.3 is 14.3 Å². The Kier molecular flexibility index (Phi) is 5.88. The molecule has 0 N–H and O–H groups in total. The number of hydrogen-bond acceptors (Lipinski definition) is 3. The Morgan fingerprint density at radius 1 is 1.21 bits per heavy atom. The minimum Gasteiger partial charge on any atom is -0.350 e. The summed E-state index contributed by atoms with van der Waals surface area (Å²) in [5.74, 6) is 0.151. The zero-order chi connectivity index (χ0) is 10.2. The molecular weight excluding hydrogens is 179 g/mol. The van der Waals surface area contributed by atoms with Gasteiger partial charge in [0.2, 0.25) is 0 Å². The molecule has 0 saturated carbocycles. The third-order valence-corrected chi connectivity index (χ3v) is 2.31. The number of hydrogen-bond donors (Lipinski definition) is 0. The molecule has 0 unspecified atom stereocenters. The number of carbonyl (C=O) groups excluding carboxylic acids is 1. The van der Waals surface area contributed by atoms with E-state index >= 15 is 0 Å². The smallest absolute Gasteiger partial charge is 0.157 e. The van der Waals surface area contributed by atoms with Gasteiger partial charge in [0.1, 0.15) is 5.78 Å². The number of ether oxygens (including phenoxy) is 2. The number of ketones is 1. The van der Waals surface area contributed by atoms with Crippen LogP contribution in [0.25, 0.3) is 0 Å². The predicted octanol–water partition coefficient (Wildman–Crippen LogP) is 1.47. The Labute approximate surface area is 86.6 Å². The maximum atomic E-state index is 10.9. The van der Waals surface area contributed by atoms with Gasteiger partial charge in [-0.25, -0.2) is 0 Å². The van der Waals surface area contributed by atoms with Crippen LogP contribution in [0.5, 0.6) is 0 Å². The lowest BCUT2D eigenvalue weighted by atomic mass is 9.97. The maximum Gasteiger partial charge on any atom is 0.157 e. The van der Waals surface area contributed by atoms with Crippen LogP contribution < -0.4 is 0 Å². The molecule has 0 atom stereocenters. The van der Waals surface area contributed by atoms with Crippen molar-refractivity contribution in [3.05, 3.63) is 0 Å². The van der Waals surface area contributed by atoms with E-state index in [1.54, 1.807) is 0 Å². The van der Waals surface area contributed by atoms with Crippen LogP contribution in [-0.2, 0) is 14.3 Å². The van der Waals surface area contributed by atoms with Crippen LogP contribution in [0.3, 0.4) is 0 Å². The largest absolute Gasteiger partial charge is 0.350 e. The Hall–Kier alpha value is -0.345. The highest BCUT2D eigenvalue weighted by molar-refractivity contribution is 6.20. The highest BCUT2D eigenvalue weighted by Crippen LogP contribution is 2.13. The van der Waals surface area contributed by atoms with Gasteiger partial charge in [-0.15, -0.1) is 0 Å². The first-order valence-corrected chi connectivity index (χ1v) is 5.28. The fourth-order valence-electron chi connectivity index (χ4n) is 1.49. The SMILES string of the molecule is [B]CC(=O)CCCCCC1OCCO1. The number of carbonyl (C=O) groups is 1. The molecule has 78 valence electrons. The van der Waals surface area contributed by atoms with Crippen LogP contribution in [0.15, 0.2) is 0 Å². The summed E-state index contributed by atoms with van der Waals surface area (Å²) in [6.07, 6.45) is 4.77. The molecule has 0 aromatic carbocycles. The van der Waals surface area contributed by atoms with Gasteiger partial charge >= 0.3 is 0 Å². The van der Waals surface area contributed by atoms with E-state index in [0.29, 0.717) is 6.42 Å². The molecule has 3 nitrogen and oxygen atoms in total. The van der Waals surface area contributed by atoms with E-state index in [1.807, 2.05) is 0 Å². The first-order valence-electron chi connectivity index (χ1n) is 5.28. The van der Waals surface area contributed by atoms with E-state index in [4.69, 9.17) is 17.3 Å². The summed E-state index contributed by atoms with van der Waals surface area (Å²) in [4.78, 5) is 10.9. The fraction of sp³-hybridized carbons (Fsp3) is 0.900. The molecule has 14 heavy (non-hydrogen) atoms. The van der Waals surface area contributed by atoms with Gasteiger partial charge in [0, 0.05) is 6.42 Å². The third-order valence-electron chi connectivity index (χ3n) is 2.31. The summed E-state index contributed by atoms with van der Waals surface area (Å²) in [6, 6.07) is 0. The van der Waals surface area contributed by atoms with Crippen LogP contribution in [-0.4, -0.2) is 33.1 Å². The normalized spacial score (nSPS) is 17.4. The molecule has 1 aliphatic rings. The van der Waals surface area contributed by atoms with E-state index < -0.39 is 0 Å². The van der Waals surface area contributed by atoms with Crippen LogP contribution in [0.2, 0.25) is 6.32 Å². The zero-order valence-corrected chi connectivity index (χ0v) is 8.54. The Morgan fingerprint density at radius 2 is 1.93 bits per heavy atom. The second kappa shape index (κ2) is 7.01. The topological polar surface area (TPSA) is 35.5 Å². The molecule has 1 heterocycles. The van der Waals surface area contributed by atoms with Crippen molar-refractivity contribution in [3.63, 3.8) is 0 Å². The summed E-state index contributed by atoms with van der Waals surface area (Å²) in [7, 11) is 5.20. The highest BCUT2D eigenvalue weighted by atomic mass is 16.7. The molecule has 1 rings (SSSR count). The molecule has 0 bridgehead atoms. The second-order valence-electron chi connectivity index (χ2n) is 3.51. The summed E-state index contributed by atoms with van der Waals surface area (Å²) >= 11 is 0. The van der Waals surface area contributed by atoms with E-state index in [2.05, 4.69) is 0 Å². The second-order valence-corrected chi connectivity index (χ2v) is 3.51. The van der Waals surface area contributed by atoms with Crippen molar-refractivity contribution < 1.29 is 14.3 Å². The molecule has 2 radical (unpaired) electrons. The van der Waals surface area contributed by atoms with Gasteiger partial charge in [-0.2, -0.15) is 0 Å². The van der Waals surface area contributed by atoms with Crippen molar-refractivity contribution in [1.82, 2.24) is 0 Å². The standard InChI is InChI=1S/C10H17BO3/c11-8-9(12)4-2-1-3-5-10-13-6-7-14-10/h10H,1-8H2. The van der Waals surface area contributed by atoms with E-state index in [9.17, 15) is 4.79 Å². The summed E-state index contributed by atoms with van der Waals surface area (Å²) < 4.78 is 10.6. The van der Waals surface area contributed by atoms with Gasteiger partial charge in [-0.05, 0) is 25.6 Å². The van der Waals surface area contributed by atoms with Crippen molar-refractivity contribution in [2.45, 2.75) is 44.7 Å².